The van der Waals surface area contributed by atoms with Gasteiger partial charge in [0.25, 0.3) is 0 Å². The maximum Gasteiger partial charge on any atom is 0.118 e. The van der Waals surface area contributed by atoms with E-state index in [-0.39, 0.29) is 0 Å². The van der Waals surface area contributed by atoms with E-state index in [2.05, 4.69) is 19.1 Å². The normalized spacial score (nSPS) is 10.3. The molecule has 0 saturated heterocycles. The highest BCUT2D eigenvalue weighted by atomic mass is 16.5. The molecule has 0 heterocycles. The Balaban J connectivity index is 2.20. The van der Waals surface area contributed by atoms with Crippen LogP contribution in [0, 0.1) is 0 Å². The molecule has 2 nitrogen and oxygen atoms in total. The van der Waals surface area contributed by atoms with Crippen LogP contribution in [0.25, 0.3) is 0 Å². The lowest BCUT2D eigenvalue weighted by Gasteiger charge is -2.04. The van der Waals surface area contributed by atoms with Crippen LogP contribution in [0.5, 0.6) is 5.75 Å². The summed E-state index contributed by atoms with van der Waals surface area (Å²) in [6.07, 6.45) is 3.33. The van der Waals surface area contributed by atoms with Gasteiger partial charge in [-0.3, -0.25) is 0 Å². The van der Waals surface area contributed by atoms with Crippen LogP contribution in [0.1, 0.15) is 25.3 Å². The van der Waals surface area contributed by atoms with E-state index in [4.69, 9.17) is 9.47 Å². The van der Waals surface area contributed by atoms with E-state index in [0.29, 0.717) is 0 Å². The smallest absolute Gasteiger partial charge is 0.118 e. The Hall–Kier alpha value is -1.02. The number of hydrogen-bond acceptors (Lipinski definition) is 2. The summed E-state index contributed by atoms with van der Waals surface area (Å²) in [5.74, 6) is 0.908. The van der Waals surface area contributed by atoms with Gasteiger partial charge in [-0.05, 0) is 30.5 Å². The molecule has 0 saturated carbocycles. The second kappa shape index (κ2) is 7.30. The van der Waals surface area contributed by atoms with Gasteiger partial charge in [0.2, 0.25) is 0 Å². The Morgan fingerprint density at radius 1 is 1.07 bits per heavy atom. The van der Waals surface area contributed by atoms with E-state index in [0.717, 1.165) is 31.8 Å². The quantitative estimate of drug-likeness (QED) is 0.641. The third-order valence-corrected chi connectivity index (χ3v) is 2.34. The van der Waals surface area contributed by atoms with Crippen molar-refractivity contribution in [1.82, 2.24) is 0 Å². The highest BCUT2D eigenvalue weighted by Crippen LogP contribution is 2.11. The summed E-state index contributed by atoms with van der Waals surface area (Å²) in [4.78, 5) is 0. The summed E-state index contributed by atoms with van der Waals surface area (Å²) in [6, 6.07) is 8.15. The van der Waals surface area contributed by atoms with Crippen molar-refractivity contribution in [2.75, 3.05) is 20.3 Å². The van der Waals surface area contributed by atoms with Crippen molar-refractivity contribution in [2.24, 2.45) is 0 Å². The van der Waals surface area contributed by atoms with Gasteiger partial charge >= 0.3 is 0 Å². The van der Waals surface area contributed by atoms with E-state index in [9.17, 15) is 0 Å². The fourth-order valence-electron chi connectivity index (χ4n) is 1.33. The minimum atomic E-state index is 0.812. The molecule has 2 heteroatoms. The Bertz CT molecular complexity index is 254. The predicted molar refractivity (Wildman–Crippen MR) is 62.4 cm³/mol. The molecule has 0 aromatic heterocycles. The van der Waals surface area contributed by atoms with Crippen molar-refractivity contribution in [3.8, 4) is 5.75 Å². The first kappa shape index (κ1) is 12.1. The third-order valence-electron chi connectivity index (χ3n) is 2.34. The van der Waals surface area contributed by atoms with Crippen molar-refractivity contribution in [3.63, 3.8) is 0 Å². The molecule has 0 fully saturated rings. The van der Waals surface area contributed by atoms with Crippen LogP contribution < -0.4 is 4.74 Å². The number of benzene rings is 1. The largest absolute Gasteiger partial charge is 0.497 e. The Morgan fingerprint density at radius 2 is 1.80 bits per heavy atom. The van der Waals surface area contributed by atoms with Crippen LogP contribution in [0.3, 0.4) is 0 Å². The van der Waals surface area contributed by atoms with Gasteiger partial charge in [0.1, 0.15) is 5.75 Å². The van der Waals surface area contributed by atoms with Crippen LogP contribution in [-0.2, 0) is 11.2 Å². The molecular formula is C13H20O2. The van der Waals surface area contributed by atoms with E-state index < -0.39 is 0 Å². The predicted octanol–water partition coefficient (Wildman–Crippen LogP) is 3.05. The van der Waals surface area contributed by atoms with Crippen molar-refractivity contribution in [1.29, 1.82) is 0 Å². The number of ether oxygens (including phenoxy) is 2. The minimum Gasteiger partial charge on any atom is -0.497 e. The van der Waals surface area contributed by atoms with Gasteiger partial charge in [0, 0.05) is 6.61 Å². The average Bonchev–Trinajstić information content (AvgIpc) is 2.30. The van der Waals surface area contributed by atoms with Gasteiger partial charge in [-0.15, -0.1) is 0 Å². The highest BCUT2D eigenvalue weighted by molar-refractivity contribution is 5.27. The molecule has 84 valence electrons. The fourth-order valence-corrected chi connectivity index (χ4v) is 1.33. The number of methoxy groups -OCH3 is 1. The SMILES string of the molecule is CCCCOCCc1ccc(OC)cc1. The van der Waals surface area contributed by atoms with E-state index >= 15 is 0 Å². The first-order chi connectivity index (χ1) is 7.36. The summed E-state index contributed by atoms with van der Waals surface area (Å²) >= 11 is 0. The number of unbranched alkanes of at least 4 members (excludes halogenated alkanes) is 1. The molecule has 0 aliphatic carbocycles. The molecule has 1 aromatic rings. The average molecular weight is 208 g/mol. The fraction of sp³-hybridized carbons (Fsp3) is 0.538. The van der Waals surface area contributed by atoms with Gasteiger partial charge in [-0.25, -0.2) is 0 Å². The molecule has 0 N–H and O–H groups in total. The van der Waals surface area contributed by atoms with Gasteiger partial charge in [-0.2, -0.15) is 0 Å². The van der Waals surface area contributed by atoms with Gasteiger partial charge in [0.15, 0.2) is 0 Å². The van der Waals surface area contributed by atoms with E-state index in [1.807, 2.05) is 12.1 Å². The maximum atomic E-state index is 5.50. The lowest BCUT2D eigenvalue weighted by molar-refractivity contribution is 0.134. The summed E-state index contributed by atoms with van der Waals surface area (Å²) in [5, 5.41) is 0. The summed E-state index contributed by atoms with van der Waals surface area (Å²) in [7, 11) is 1.68. The first-order valence-corrected chi connectivity index (χ1v) is 5.57. The summed E-state index contributed by atoms with van der Waals surface area (Å²) < 4.78 is 10.6. The van der Waals surface area contributed by atoms with Crippen LogP contribution in [0.2, 0.25) is 0 Å². The molecule has 0 aliphatic heterocycles. The maximum absolute atomic E-state index is 5.50. The van der Waals surface area contributed by atoms with Gasteiger partial charge < -0.3 is 9.47 Å². The topological polar surface area (TPSA) is 18.5 Å². The molecule has 1 aromatic carbocycles. The number of hydrogen-bond donors (Lipinski definition) is 0. The summed E-state index contributed by atoms with van der Waals surface area (Å²) in [6.45, 7) is 3.87. The summed E-state index contributed by atoms with van der Waals surface area (Å²) in [5.41, 5.74) is 1.30. The van der Waals surface area contributed by atoms with Crippen LogP contribution in [0.15, 0.2) is 24.3 Å². The molecule has 0 unspecified atom stereocenters. The molecule has 1 rings (SSSR count). The second-order valence-electron chi connectivity index (χ2n) is 3.56. The molecular weight excluding hydrogens is 188 g/mol. The molecule has 0 spiro atoms. The first-order valence-electron chi connectivity index (χ1n) is 5.57. The van der Waals surface area contributed by atoms with Crippen molar-refractivity contribution >= 4 is 0 Å². The zero-order valence-corrected chi connectivity index (χ0v) is 9.66. The number of rotatable bonds is 7. The molecule has 0 atom stereocenters. The Labute approximate surface area is 92.2 Å². The van der Waals surface area contributed by atoms with E-state index in [1.165, 1.54) is 12.0 Å². The van der Waals surface area contributed by atoms with Gasteiger partial charge in [-0.1, -0.05) is 25.5 Å². The molecule has 0 aliphatic rings. The lowest BCUT2D eigenvalue weighted by atomic mass is 10.1. The zero-order chi connectivity index (χ0) is 10.9. The van der Waals surface area contributed by atoms with Crippen LogP contribution >= 0.6 is 0 Å². The third kappa shape index (κ3) is 4.84. The standard InChI is InChI=1S/C13H20O2/c1-3-4-10-15-11-9-12-5-7-13(14-2)8-6-12/h5-8H,3-4,9-11H2,1-2H3. The van der Waals surface area contributed by atoms with Crippen LogP contribution in [-0.4, -0.2) is 20.3 Å². The van der Waals surface area contributed by atoms with E-state index in [1.54, 1.807) is 7.11 Å². The second-order valence-corrected chi connectivity index (χ2v) is 3.56. The molecule has 0 radical (unpaired) electrons. The Morgan fingerprint density at radius 3 is 2.40 bits per heavy atom. The van der Waals surface area contributed by atoms with Crippen molar-refractivity contribution < 1.29 is 9.47 Å². The monoisotopic (exact) mass is 208 g/mol. The van der Waals surface area contributed by atoms with Crippen molar-refractivity contribution in [2.45, 2.75) is 26.2 Å². The Kier molecular flexibility index (Phi) is 5.86. The molecule has 0 amide bonds. The lowest BCUT2D eigenvalue weighted by Crippen LogP contribution is -1.99. The molecule has 0 bridgehead atoms. The highest BCUT2D eigenvalue weighted by Gasteiger charge is 1.94. The minimum absolute atomic E-state index is 0.812. The van der Waals surface area contributed by atoms with Crippen molar-refractivity contribution in [3.05, 3.63) is 29.8 Å². The van der Waals surface area contributed by atoms with Crippen LogP contribution in [0.4, 0.5) is 0 Å². The van der Waals surface area contributed by atoms with Gasteiger partial charge in [0.05, 0.1) is 13.7 Å². The zero-order valence-electron chi connectivity index (χ0n) is 9.66. The molecule has 15 heavy (non-hydrogen) atoms.